The average molecular weight is 387 g/mol. The number of carboxylic acid groups (broad SMARTS) is 1. The van der Waals surface area contributed by atoms with Crippen LogP contribution in [-0.4, -0.2) is 51.7 Å². The van der Waals surface area contributed by atoms with Crippen LogP contribution in [0.1, 0.15) is 53.0 Å². The van der Waals surface area contributed by atoms with Crippen LogP contribution in [-0.2, 0) is 20.9 Å². The number of hydrogen-bond acceptors (Lipinski definition) is 5. The Kier molecular flexibility index (Phi) is 5.17. The minimum Gasteiger partial charge on any atom is -0.480 e. The van der Waals surface area contributed by atoms with E-state index in [0.29, 0.717) is 11.1 Å². The fraction of sp³-hybridized carbons (Fsp3) is 0.421. The van der Waals surface area contributed by atoms with E-state index in [9.17, 15) is 29.1 Å². The van der Waals surface area contributed by atoms with E-state index in [1.165, 1.54) is 17.0 Å². The molecule has 0 bridgehead atoms. The molecular weight excluding hydrogens is 366 g/mol. The van der Waals surface area contributed by atoms with Crippen molar-refractivity contribution in [1.82, 2.24) is 15.5 Å². The summed E-state index contributed by atoms with van der Waals surface area (Å²) in [6.07, 6.45) is 0.419. The maximum atomic E-state index is 12.8. The van der Waals surface area contributed by atoms with E-state index in [2.05, 4.69) is 10.6 Å². The van der Waals surface area contributed by atoms with Crippen LogP contribution >= 0.6 is 0 Å². The van der Waals surface area contributed by atoms with E-state index in [0.717, 1.165) is 0 Å². The first-order valence-corrected chi connectivity index (χ1v) is 9.00. The molecule has 28 heavy (non-hydrogen) atoms. The van der Waals surface area contributed by atoms with Gasteiger partial charge in [0.2, 0.25) is 11.8 Å². The number of carbonyl (C=O) groups excluding carboxylic acids is 4. The number of hydrogen-bond donors (Lipinski definition) is 3. The first kappa shape index (κ1) is 19.5. The highest BCUT2D eigenvalue weighted by molar-refractivity contribution is 6.06. The van der Waals surface area contributed by atoms with Crippen molar-refractivity contribution in [1.29, 1.82) is 0 Å². The fourth-order valence-corrected chi connectivity index (χ4v) is 3.43. The quantitative estimate of drug-likeness (QED) is 0.622. The van der Waals surface area contributed by atoms with E-state index in [1.54, 1.807) is 19.9 Å². The zero-order chi connectivity index (χ0) is 20.6. The second kappa shape index (κ2) is 7.41. The molecule has 1 saturated heterocycles. The van der Waals surface area contributed by atoms with Crippen LogP contribution in [0.3, 0.4) is 0 Å². The number of amides is 4. The predicted molar refractivity (Wildman–Crippen MR) is 96.2 cm³/mol. The topological polar surface area (TPSA) is 133 Å². The Hall–Kier alpha value is -3.23. The van der Waals surface area contributed by atoms with Gasteiger partial charge in [0.25, 0.3) is 11.8 Å². The van der Waals surface area contributed by atoms with E-state index >= 15 is 0 Å². The molecule has 0 saturated carbocycles. The van der Waals surface area contributed by atoms with Gasteiger partial charge in [0, 0.05) is 24.1 Å². The molecule has 3 rings (SSSR count). The highest BCUT2D eigenvalue weighted by Crippen LogP contribution is 2.28. The van der Waals surface area contributed by atoms with Crippen molar-refractivity contribution >= 4 is 29.6 Å². The van der Waals surface area contributed by atoms with Crippen molar-refractivity contribution in [3.05, 3.63) is 34.9 Å². The number of benzene rings is 1. The highest BCUT2D eigenvalue weighted by atomic mass is 16.4. The second-order valence-corrected chi connectivity index (χ2v) is 7.31. The van der Waals surface area contributed by atoms with Crippen molar-refractivity contribution in [3.63, 3.8) is 0 Å². The van der Waals surface area contributed by atoms with Crippen molar-refractivity contribution in [2.75, 3.05) is 0 Å². The number of imide groups is 1. The molecule has 1 unspecified atom stereocenters. The zero-order valence-corrected chi connectivity index (χ0v) is 15.5. The third-order valence-corrected chi connectivity index (χ3v) is 5.01. The molecule has 2 aliphatic heterocycles. The molecule has 2 atom stereocenters. The predicted octanol–water partition coefficient (Wildman–Crippen LogP) is 0.287. The van der Waals surface area contributed by atoms with Gasteiger partial charge >= 0.3 is 5.97 Å². The number of piperidine rings is 1. The summed E-state index contributed by atoms with van der Waals surface area (Å²) in [6, 6.07) is 2.79. The van der Waals surface area contributed by atoms with Crippen molar-refractivity contribution in [2.45, 2.75) is 45.3 Å². The molecule has 2 heterocycles. The third-order valence-electron chi connectivity index (χ3n) is 5.01. The van der Waals surface area contributed by atoms with Gasteiger partial charge in [-0.05, 0) is 30.0 Å². The van der Waals surface area contributed by atoms with E-state index < -0.39 is 35.8 Å². The Morgan fingerprint density at radius 1 is 1.25 bits per heavy atom. The minimum absolute atomic E-state index is 0.163. The van der Waals surface area contributed by atoms with Gasteiger partial charge in [-0.3, -0.25) is 24.5 Å². The lowest BCUT2D eigenvalue weighted by Gasteiger charge is -2.29. The molecule has 0 radical (unpaired) electrons. The van der Waals surface area contributed by atoms with Crippen LogP contribution in [0.25, 0.3) is 0 Å². The molecule has 9 nitrogen and oxygen atoms in total. The molecule has 9 heteroatoms. The Balaban J connectivity index is 1.78. The Bertz CT molecular complexity index is 878. The summed E-state index contributed by atoms with van der Waals surface area (Å²) in [5, 5.41) is 13.9. The lowest BCUT2D eigenvalue weighted by molar-refractivity contribution is -0.140. The Labute approximate surface area is 161 Å². The van der Waals surface area contributed by atoms with Crippen LogP contribution in [0.4, 0.5) is 0 Å². The number of rotatable bonds is 5. The molecule has 1 fully saturated rings. The molecule has 2 aliphatic rings. The van der Waals surface area contributed by atoms with E-state index in [-0.39, 0.29) is 36.8 Å². The van der Waals surface area contributed by atoms with Crippen LogP contribution in [0.5, 0.6) is 0 Å². The van der Waals surface area contributed by atoms with E-state index in [1.807, 2.05) is 0 Å². The number of nitrogens with one attached hydrogen (secondary N) is 2. The number of nitrogens with zero attached hydrogens (tertiary/aromatic N) is 1. The summed E-state index contributed by atoms with van der Waals surface area (Å²) < 4.78 is 0. The van der Waals surface area contributed by atoms with Crippen LogP contribution < -0.4 is 10.6 Å². The lowest BCUT2D eigenvalue weighted by atomic mass is 10.0. The second-order valence-electron chi connectivity index (χ2n) is 7.31. The molecule has 148 valence electrons. The first-order chi connectivity index (χ1) is 13.2. The van der Waals surface area contributed by atoms with Gasteiger partial charge < -0.3 is 15.3 Å². The number of carbonyl (C=O) groups is 5. The summed E-state index contributed by atoms with van der Waals surface area (Å²) in [5.41, 5.74) is 1.14. The molecule has 4 amide bonds. The summed E-state index contributed by atoms with van der Waals surface area (Å²) >= 11 is 0. The smallest absolute Gasteiger partial charge is 0.326 e. The van der Waals surface area contributed by atoms with Gasteiger partial charge in [-0.2, -0.15) is 0 Å². The monoisotopic (exact) mass is 387 g/mol. The Morgan fingerprint density at radius 3 is 2.57 bits per heavy atom. The fourth-order valence-electron chi connectivity index (χ4n) is 3.43. The summed E-state index contributed by atoms with van der Waals surface area (Å²) in [5.74, 6) is -3.28. The summed E-state index contributed by atoms with van der Waals surface area (Å²) in [6.45, 7) is 3.58. The minimum atomic E-state index is -1.13. The third kappa shape index (κ3) is 3.60. The first-order valence-electron chi connectivity index (χ1n) is 9.00. The SMILES string of the molecule is CC(C)[C@H](NC(=O)c1ccc2c(c1)C(=O)N(C1CCC(=O)NC1=O)C2)C(=O)O. The van der Waals surface area contributed by atoms with Crippen LogP contribution in [0.15, 0.2) is 18.2 Å². The number of aliphatic carboxylic acids is 1. The zero-order valence-electron chi connectivity index (χ0n) is 15.5. The van der Waals surface area contributed by atoms with Crippen LogP contribution in [0.2, 0.25) is 0 Å². The molecule has 0 aliphatic carbocycles. The van der Waals surface area contributed by atoms with Gasteiger partial charge in [-0.25, -0.2) is 4.79 Å². The normalized spacial score (nSPS) is 20.0. The average Bonchev–Trinajstić information content (AvgIpc) is 2.95. The largest absolute Gasteiger partial charge is 0.480 e. The van der Waals surface area contributed by atoms with Gasteiger partial charge in [-0.15, -0.1) is 0 Å². The maximum absolute atomic E-state index is 12.8. The molecule has 0 aromatic heterocycles. The van der Waals surface area contributed by atoms with Gasteiger partial charge in [0.1, 0.15) is 12.1 Å². The van der Waals surface area contributed by atoms with Gasteiger partial charge in [-0.1, -0.05) is 19.9 Å². The van der Waals surface area contributed by atoms with Crippen molar-refractivity contribution in [2.24, 2.45) is 5.92 Å². The van der Waals surface area contributed by atoms with Gasteiger partial charge in [0.05, 0.1) is 0 Å². The van der Waals surface area contributed by atoms with Gasteiger partial charge in [0.15, 0.2) is 0 Å². The molecule has 1 aromatic rings. The number of fused-ring (bicyclic) bond motifs is 1. The van der Waals surface area contributed by atoms with Crippen molar-refractivity contribution in [3.8, 4) is 0 Å². The van der Waals surface area contributed by atoms with Crippen molar-refractivity contribution < 1.29 is 29.1 Å². The number of carboxylic acids is 1. The highest BCUT2D eigenvalue weighted by Gasteiger charge is 2.39. The molecule has 3 N–H and O–H groups in total. The molecule has 1 aromatic carbocycles. The molecule has 0 spiro atoms. The maximum Gasteiger partial charge on any atom is 0.326 e. The lowest BCUT2D eigenvalue weighted by Crippen LogP contribution is -2.52. The van der Waals surface area contributed by atoms with Crippen LogP contribution in [0, 0.1) is 5.92 Å². The standard InChI is InChI=1S/C19H21N3O6/c1-9(2)15(19(27)28)21-16(24)10-3-4-11-8-22(18(26)12(11)7-10)13-5-6-14(23)20-17(13)25/h3-4,7,9,13,15H,5-6,8H2,1-2H3,(H,21,24)(H,27,28)(H,20,23,25)/t13?,15-/m0/s1. The van der Waals surface area contributed by atoms with E-state index in [4.69, 9.17) is 0 Å². The summed E-state index contributed by atoms with van der Waals surface area (Å²) in [4.78, 5) is 61.3. The molecular formula is C19H21N3O6. The Morgan fingerprint density at radius 2 is 1.96 bits per heavy atom. The summed E-state index contributed by atoms with van der Waals surface area (Å²) in [7, 11) is 0.